The fraction of sp³-hybridized carbons (Fsp3) is 0.652. The maximum Gasteiger partial charge on any atom is 0.408 e. The molecule has 1 aromatic carbocycles. The Balaban J connectivity index is 2.88. The molecule has 0 aromatic heterocycles. The van der Waals surface area contributed by atoms with Crippen molar-refractivity contribution in [2.45, 2.75) is 77.9 Å². The number of alkyl carbamates (subject to hydrolysis) is 1. The van der Waals surface area contributed by atoms with Gasteiger partial charge in [-0.3, -0.25) is 0 Å². The first kappa shape index (κ1) is 26.7. The van der Waals surface area contributed by atoms with Gasteiger partial charge in [-0.15, -0.1) is 0 Å². The van der Waals surface area contributed by atoms with E-state index in [0.717, 1.165) is 6.42 Å². The minimum absolute atomic E-state index is 0.269. The molecule has 1 aromatic rings. The van der Waals surface area contributed by atoms with Crippen molar-refractivity contribution in [3.8, 4) is 5.75 Å². The number of benzene rings is 1. The van der Waals surface area contributed by atoms with Gasteiger partial charge >= 0.3 is 12.1 Å². The van der Waals surface area contributed by atoms with Gasteiger partial charge in [-0.2, -0.15) is 0 Å². The van der Waals surface area contributed by atoms with Crippen LogP contribution < -0.4 is 10.1 Å². The van der Waals surface area contributed by atoms with Crippen molar-refractivity contribution in [1.29, 1.82) is 0 Å². The van der Waals surface area contributed by atoms with Crippen LogP contribution in [-0.4, -0.2) is 62.3 Å². The predicted molar refractivity (Wildman–Crippen MR) is 117 cm³/mol. The highest BCUT2D eigenvalue weighted by atomic mass is 16.6. The van der Waals surface area contributed by atoms with Gasteiger partial charge in [0.25, 0.3) is 0 Å². The molecule has 8 heteroatoms. The first-order chi connectivity index (χ1) is 14.6. The van der Waals surface area contributed by atoms with E-state index >= 15 is 0 Å². The van der Waals surface area contributed by atoms with Gasteiger partial charge in [0.05, 0.1) is 6.61 Å². The van der Waals surface area contributed by atoms with Gasteiger partial charge in [0, 0.05) is 13.7 Å². The van der Waals surface area contributed by atoms with Crippen LogP contribution in [0.25, 0.3) is 0 Å². The Hall–Kier alpha value is -2.32. The van der Waals surface area contributed by atoms with Crippen molar-refractivity contribution < 1.29 is 33.3 Å². The molecule has 0 fully saturated rings. The first-order valence-corrected chi connectivity index (χ1v) is 10.6. The van der Waals surface area contributed by atoms with E-state index in [-0.39, 0.29) is 6.61 Å². The smallest absolute Gasteiger partial charge is 0.408 e. The average molecular weight is 440 g/mol. The molecule has 0 aliphatic rings. The Morgan fingerprint density at radius 1 is 1.10 bits per heavy atom. The summed E-state index contributed by atoms with van der Waals surface area (Å²) >= 11 is 0. The molecule has 1 rings (SSSR count). The summed E-state index contributed by atoms with van der Waals surface area (Å²) in [6.45, 7) is 11.3. The van der Waals surface area contributed by atoms with E-state index in [1.54, 1.807) is 34.8 Å². The summed E-state index contributed by atoms with van der Waals surface area (Å²) in [5.74, 6) is 0.0169. The Kier molecular flexibility index (Phi) is 11.3. The minimum atomic E-state index is -0.896. The van der Waals surface area contributed by atoms with Gasteiger partial charge in [-0.05, 0) is 53.2 Å². The lowest BCUT2D eigenvalue weighted by molar-refractivity contribution is -0.162. The summed E-state index contributed by atoms with van der Waals surface area (Å²) in [7, 11) is 1.57. The third-order valence-electron chi connectivity index (χ3n) is 4.10. The molecule has 0 radical (unpaired) electrons. The van der Waals surface area contributed by atoms with Crippen molar-refractivity contribution >= 4 is 12.1 Å². The third-order valence-corrected chi connectivity index (χ3v) is 4.10. The van der Waals surface area contributed by atoms with Crippen molar-refractivity contribution in [3.63, 3.8) is 0 Å². The molecule has 0 heterocycles. The molecule has 4 atom stereocenters. The van der Waals surface area contributed by atoms with Crippen LogP contribution in [0.15, 0.2) is 30.3 Å². The van der Waals surface area contributed by atoms with Crippen LogP contribution in [0.5, 0.6) is 5.75 Å². The molecule has 0 spiro atoms. The van der Waals surface area contributed by atoms with Gasteiger partial charge in [0.1, 0.15) is 29.6 Å². The van der Waals surface area contributed by atoms with E-state index in [9.17, 15) is 9.59 Å². The Labute approximate surface area is 185 Å². The second kappa shape index (κ2) is 13.2. The summed E-state index contributed by atoms with van der Waals surface area (Å²) in [5.41, 5.74) is -0.667. The van der Waals surface area contributed by atoms with Crippen LogP contribution in [0.3, 0.4) is 0 Å². The molecule has 1 unspecified atom stereocenters. The molecule has 1 amide bonds. The summed E-state index contributed by atoms with van der Waals surface area (Å²) in [6.07, 6.45) is -1.62. The van der Waals surface area contributed by atoms with Crippen LogP contribution in [0.1, 0.15) is 48.0 Å². The molecule has 0 saturated heterocycles. The molecule has 1 N–H and O–H groups in total. The van der Waals surface area contributed by atoms with Gasteiger partial charge < -0.3 is 29.0 Å². The standard InChI is InChI=1S/C23H37NO7/c1-8-14-28-19(15-27-7)20(30-18-12-10-9-11-13-18)17(3)29-21(25)16(2)24-22(26)31-23(4,5)6/h9-13,16-17,19-20H,8,14-15H2,1-7H3,(H,24,26)/t16?,17-,19-,20-/m0/s1. The number of methoxy groups -OCH3 is 1. The van der Waals surface area contributed by atoms with Crippen molar-refractivity contribution in [2.24, 2.45) is 0 Å². The van der Waals surface area contributed by atoms with Gasteiger partial charge in [0.15, 0.2) is 6.10 Å². The highest BCUT2D eigenvalue weighted by Crippen LogP contribution is 2.19. The number of rotatable bonds is 12. The van der Waals surface area contributed by atoms with E-state index in [0.29, 0.717) is 12.4 Å². The first-order valence-electron chi connectivity index (χ1n) is 10.6. The van der Waals surface area contributed by atoms with Crippen LogP contribution in [0.2, 0.25) is 0 Å². The lowest BCUT2D eigenvalue weighted by Gasteiger charge is -2.32. The topological polar surface area (TPSA) is 92.3 Å². The fourth-order valence-corrected chi connectivity index (χ4v) is 2.70. The second-order valence-electron chi connectivity index (χ2n) is 8.27. The summed E-state index contributed by atoms with van der Waals surface area (Å²) in [5, 5.41) is 2.49. The van der Waals surface area contributed by atoms with E-state index in [1.807, 2.05) is 37.3 Å². The quantitative estimate of drug-likeness (QED) is 0.496. The number of hydrogen-bond donors (Lipinski definition) is 1. The number of ether oxygens (including phenoxy) is 5. The lowest BCUT2D eigenvalue weighted by atomic mass is 10.1. The second-order valence-corrected chi connectivity index (χ2v) is 8.27. The van der Waals surface area contributed by atoms with Gasteiger partial charge in [-0.25, -0.2) is 9.59 Å². The van der Waals surface area contributed by atoms with Gasteiger partial charge in [-0.1, -0.05) is 25.1 Å². The minimum Gasteiger partial charge on any atom is -0.484 e. The fourth-order valence-electron chi connectivity index (χ4n) is 2.70. The molecule has 0 bridgehead atoms. The van der Waals surface area contributed by atoms with Crippen LogP contribution >= 0.6 is 0 Å². The molecular weight excluding hydrogens is 402 g/mol. The number of carbonyl (C=O) groups excluding carboxylic acids is 2. The maximum atomic E-state index is 12.6. The van der Waals surface area contributed by atoms with Crippen LogP contribution in [0.4, 0.5) is 4.79 Å². The third kappa shape index (κ3) is 10.5. The Morgan fingerprint density at radius 3 is 2.29 bits per heavy atom. The SMILES string of the molecule is CCCO[C@@H](COC)[C@@H](Oc1ccccc1)[C@H](C)OC(=O)C(C)NC(=O)OC(C)(C)C. The largest absolute Gasteiger partial charge is 0.484 e. The zero-order valence-corrected chi connectivity index (χ0v) is 19.7. The van der Waals surface area contributed by atoms with E-state index < -0.39 is 42.0 Å². The molecule has 0 aliphatic heterocycles. The van der Waals surface area contributed by atoms with Crippen LogP contribution in [-0.2, 0) is 23.7 Å². The number of carbonyl (C=O) groups is 2. The predicted octanol–water partition coefficient (Wildman–Crippen LogP) is 3.72. The van der Waals surface area contributed by atoms with Crippen molar-refractivity contribution in [3.05, 3.63) is 30.3 Å². The van der Waals surface area contributed by atoms with E-state index in [4.69, 9.17) is 23.7 Å². The van der Waals surface area contributed by atoms with Crippen LogP contribution in [0, 0.1) is 0 Å². The number of esters is 1. The van der Waals surface area contributed by atoms with Crippen molar-refractivity contribution in [1.82, 2.24) is 5.32 Å². The summed E-state index contributed by atoms with van der Waals surface area (Å²) in [4.78, 5) is 24.5. The molecule has 8 nitrogen and oxygen atoms in total. The summed E-state index contributed by atoms with van der Waals surface area (Å²) < 4.78 is 28.1. The number of nitrogens with one attached hydrogen (secondary N) is 1. The maximum absolute atomic E-state index is 12.6. The van der Waals surface area contributed by atoms with Crippen molar-refractivity contribution in [2.75, 3.05) is 20.3 Å². The van der Waals surface area contributed by atoms with E-state index in [1.165, 1.54) is 6.92 Å². The number of para-hydroxylation sites is 1. The molecule has 0 saturated carbocycles. The monoisotopic (exact) mass is 439 g/mol. The number of hydrogen-bond acceptors (Lipinski definition) is 7. The highest BCUT2D eigenvalue weighted by molar-refractivity contribution is 5.81. The number of amides is 1. The lowest BCUT2D eigenvalue weighted by Crippen LogP contribution is -2.49. The highest BCUT2D eigenvalue weighted by Gasteiger charge is 2.34. The molecule has 176 valence electrons. The van der Waals surface area contributed by atoms with Gasteiger partial charge in [0.2, 0.25) is 0 Å². The molecular formula is C23H37NO7. The molecule has 0 aliphatic carbocycles. The Bertz CT molecular complexity index is 660. The normalized spacial score (nSPS) is 15.3. The zero-order valence-electron chi connectivity index (χ0n) is 19.7. The Morgan fingerprint density at radius 2 is 1.74 bits per heavy atom. The summed E-state index contributed by atoms with van der Waals surface area (Å²) in [6, 6.07) is 8.33. The zero-order chi connectivity index (χ0) is 23.4. The average Bonchev–Trinajstić information content (AvgIpc) is 2.68. The molecule has 31 heavy (non-hydrogen) atoms. The van der Waals surface area contributed by atoms with E-state index in [2.05, 4.69) is 5.32 Å².